The van der Waals surface area contributed by atoms with Gasteiger partial charge in [0.15, 0.2) is 9.84 Å². The zero-order valence-electron chi connectivity index (χ0n) is 17.9. The van der Waals surface area contributed by atoms with E-state index in [2.05, 4.69) is 4.72 Å². The molecular formula is C23H27NO6S2. The van der Waals surface area contributed by atoms with Gasteiger partial charge in [0.25, 0.3) is 10.0 Å². The number of sulfonamides is 1. The maximum atomic E-state index is 13.5. The quantitative estimate of drug-likeness (QED) is 0.606. The van der Waals surface area contributed by atoms with E-state index in [1.54, 1.807) is 12.1 Å². The van der Waals surface area contributed by atoms with Gasteiger partial charge in [0.05, 0.1) is 21.0 Å². The first-order valence-electron chi connectivity index (χ1n) is 10.8. The van der Waals surface area contributed by atoms with Crippen molar-refractivity contribution in [3.63, 3.8) is 0 Å². The lowest BCUT2D eigenvalue weighted by molar-refractivity contribution is 0.0696. The van der Waals surface area contributed by atoms with Gasteiger partial charge in [0, 0.05) is 6.26 Å². The summed E-state index contributed by atoms with van der Waals surface area (Å²) in [6.45, 7) is 0. The van der Waals surface area contributed by atoms with Gasteiger partial charge in [0.1, 0.15) is 0 Å². The molecule has 0 aromatic heterocycles. The van der Waals surface area contributed by atoms with Crippen molar-refractivity contribution in [3.05, 3.63) is 53.1 Å². The summed E-state index contributed by atoms with van der Waals surface area (Å²) in [6, 6.07) is 8.81. The summed E-state index contributed by atoms with van der Waals surface area (Å²) in [7, 11) is -7.67. The maximum absolute atomic E-state index is 13.5. The summed E-state index contributed by atoms with van der Waals surface area (Å²) >= 11 is 0. The van der Waals surface area contributed by atoms with Gasteiger partial charge in [-0.25, -0.2) is 21.6 Å². The fourth-order valence-electron chi connectivity index (χ4n) is 4.46. The van der Waals surface area contributed by atoms with Crippen LogP contribution in [0.25, 0.3) is 0 Å². The standard InChI is InChI=1S/C23H27NO6S2/c1-31(27,28)18-10-12-19(15-5-3-2-4-6-15)21(14-18)24-32(29,30)22-13-17(23(25)26)9-11-20(22)16-7-8-16/h9-16,24H,2-8H2,1H3,(H,25,26). The van der Waals surface area contributed by atoms with Crippen molar-refractivity contribution >= 4 is 31.5 Å². The van der Waals surface area contributed by atoms with Gasteiger partial charge in [-0.3, -0.25) is 4.72 Å². The second-order valence-corrected chi connectivity index (χ2v) is 12.5. The molecule has 2 aromatic rings. The third-order valence-electron chi connectivity index (χ3n) is 6.31. The van der Waals surface area contributed by atoms with Crippen LogP contribution in [0, 0.1) is 0 Å². The van der Waals surface area contributed by atoms with Crippen LogP contribution in [0.5, 0.6) is 0 Å². The molecule has 0 atom stereocenters. The average molecular weight is 478 g/mol. The number of rotatable bonds is 7. The van der Waals surface area contributed by atoms with E-state index in [1.807, 2.05) is 0 Å². The van der Waals surface area contributed by atoms with E-state index in [1.165, 1.54) is 24.3 Å². The number of carbonyl (C=O) groups is 1. The minimum absolute atomic E-state index is 0.0384. The highest BCUT2D eigenvalue weighted by Gasteiger charge is 2.32. The third kappa shape index (κ3) is 4.83. The third-order valence-corrected chi connectivity index (χ3v) is 8.84. The summed E-state index contributed by atoms with van der Waals surface area (Å²) in [5.74, 6) is -0.973. The van der Waals surface area contributed by atoms with Crippen LogP contribution in [0.1, 0.15) is 78.3 Å². The van der Waals surface area contributed by atoms with E-state index < -0.39 is 25.8 Å². The van der Waals surface area contributed by atoms with Crippen LogP contribution < -0.4 is 4.72 Å². The van der Waals surface area contributed by atoms with Crippen molar-refractivity contribution in [2.45, 2.75) is 66.6 Å². The van der Waals surface area contributed by atoms with Crippen molar-refractivity contribution in [2.24, 2.45) is 0 Å². The van der Waals surface area contributed by atoms with E-state index in [0.29, 0.717) is 5.56 Å². The first-order valence-corrected chi connectivity index (χ1v) is 14.2. The number of sulfone groups is 1. The van der Waals surface area contributed by atoms with E-state index in [9.17, 15) is 26.7 Å². The van der Waals surface area contributed by atoms with Crippen LogP contribution in [-0.4, -0.2) is 34.2 Å². The van der Waals surface area contributed by atoms with Crippen LogP contribution in [0.15, 0.2) is 46.2 Å². The number of hydrogen-bond donors (Lipinski definition) is 2. The molecule has 2 fully saturated rings. The molecule has 172 valence electrons. The van der Waals surface area contributed by atoms with Crippen LogP contribution >= 0.6 is 0 Å². The van der Waals surface area contributed by atoms with E-state index in [4.69, 9.17) is 0 Å². The van der Waals surface area contributed by atoms with Crippen molar-refractivity contribution in [1.82, 2.24) is 0 Å². The van der Waals surface area contributed by atoms with Crippen LogP contribution in [0.2, 0.25) is 0 Å². The summed E-state index contributed by atoms with van der Waals surface area (Å²) in [4.78, 5) is 11.5. The largest absolute Gasteiger partial charge is 0.478 e. The zero-order chi connectivity index (χ0) is 23.1. The fourth-order valence-corrected chi connectivity index (χ4v) is 6.51. The van der Waals surface area contributed by atoms with Gasteiger partial charge in [-0.05, 0) is 72.9 Å². The smallest absolute Gasteiger partial charge is 0.335 e. The number of anilines is 1. The Labute approximate surface area is 188 Å². The van der Waals surface area contributed by atoms with Crippen LogP contribution in [0.4, 0.5) is 5.69 Å². The summed E-state index contributed by atoms with van der Waals surface area (Å²) in [5, 5.41) is 9.37. The molecule has 0 radical (unpaired) electrons. The van der Waals surface area contributed by atoms with Crippen LogP contribution in [-0.2, 0) is 19.9 Å². The predicted octanol–water partition coefficient (Wildman–Crippen LogP) is 4.51. The number of carboxylic acid groups (broad SMARTS) is 1. The molecule has 0 spiro atoms. The van der Waals surface area contributed by atoms with Gasteiger partial charge in [-0.15, -0.1) is 0 Å². The second kappa shape index (κ2) is 8.51. The van der Waals surface area contributed by atoms with Gasteiger partial charge in [-0.2, -0.15) is 0 Å². The fraction of sp³-hybridized carbons (Fsp3) is 0.435. The Hall–Kier alpha value is -2.39. The first-order chi connectivity index (χ1) is 15.1. The molecule has 0 saturated heterocycles. The Morgan fingerprint density at radius 1 is 0.875 bits per heavy atom. The number of nitrogens with one attached hydrogen (secondary N) is 1. The van der Waals surface area contributed by atoms with Crippen LogP contribution in [0.3, 0.4) is 0 Å². The highest BCUT2D eigenvalue weighted by atomic mass is 32.2. The summed E-state index contributed by atoms with van der Waals surface area (Å²) in [6.07, 6.45) is 7.82. The Morgan fingerprint density at radius 2 is 1.50 bits per heavy atom. The lowest BCUT2D eigenvalue weighted by atomic mass is 9.83. The maximum Gasteiger partial charge on any atom is 0.335 e. The predicted molar refractivity (Wildman–Crippen MR) is 122 cm³/mol. The highest BCUT2D eigenvalue weighted by molar-refractivity contribution is 7.92. The van der Waals surface area contributed by atoms with Gasteiger partial charge >= 0.3 is 5.97 Å². The molecule has 0 heterocycles. The lowest BCUT2D eigenvalue weighted by Crippen LogP contribution is -2.18. The molecular weight excluding hydrogens is 450 g/mol. The molecule has 2 N–H and O–H groups in total. The van der Waals surface area contributed by atoms with Crippen molar-refractivity contribution in [3.8, 4) is 0 Å². The minimum atomic E-state index is -4.14. The summed E-state index contributed by atoms with van der Waals surface area (Å²) in [5.41, 5.74) is 1.53. The second-order valence-electron chi connectivity index (χ2n) is 8.79. The monoisotopic (exact) mass is 477 g/mol. The molecule has 32 heavy (non-hydrogen) atoms. The number of carboxylic acids is 1. The van der Waals surface area contributed by atoms with Crippen molar-refractivity contribution < 1.29 is 26.7 Å². The van der Waals surface area contributed by atoms with Crippen molar-refractivity contribution in [2.75, 3.05) is 11.0 Å². The summed E-state index contributed by atoms with van der Waals surface area (Å²) < 4.78 is 53.8. The Kier molecular flexibility index (Phi) is 6.06. The minimum Gasteiger partial charge on any atom is -0.478 e. The number of aromatic carboxylic acids is 1. The molecule has 9 heteroatoms. The highest BCUT2D eigenvalue weighted by Crippen LogP contribution is 2.44. The topological polar surface area (TPSA) is 118 Å². The molecule has 2 aliphatic carbocycles. The molecule has 4 rings (SSSR count). The molecule has 2 aliphatic rings. The molecule has 2 aromatic carbocycles. The number of benzene rings is 2. The zero-order valence-corrected chi connectivity index (χ0v) is 19.5. The molecule has 7 nitrogen and oxygen atoms in total. The van der Waals surface area contributed by atoms with Crippen molar-refractivity contribution in [1.29, 1.82) is 0 Å². The first kappa shape index (κ1) is 22.8. The molecule has 0 aliphatic heterocycles. The number of hydrogen-bond acceptors (Lipinski definition) is 5. The molecule has 2 saturated carbocycles. The molecule has 0 bridgehead atoms. The van der Waals surface area contributed by atoms with Gasteiger partial charge < -0.3 is 5.11 Å². The van der Waals surface area contributed by atoms with Gasteiger partial charge in [0.2, 0.25) is 0 Å². The van der Waals surface area contributed by atoms with E-state index >= 15 is 0 Å². The molecule has 0 unspecified atom stereocenters. The Morgan fingerprint density at radius 3 is 2.09 bits per heavy atom. The Balaban J connectivity index is 1.80. The SMILES string of the molecule is CS(=O)(=O)c1ccc(C2CCCCC2)c(NS(=O)(=O)c2cc(C(=O)O)ccc2C2CC2)c1. The molecule has 0 amide bonds. The Bertz CT molecular complexity index is 1260. The van der Waals surface area contributed by atoms with E-state index in [-0.39, 0.29) is 32.9 Å². The lowest BCUT2D eigenvalue weighted by Gasteiger charge is -2.25. The normalized spacial score (nSPS) is 17.8. The van der Waals surface area contributed by atoms with E-state index in [0.717, 1.165) is 56.8 Å². The van der Waals surface area contributed by atoms with Gasteiger partial charge in [-0.1, -0.05) is 31.4 Å². The average Bonchev–Trinajstić information content (AvgIpc) is 3.58.